The summed E-state index contributed by atoms with van der Waals surface area (Å²) in [5.74, 6) is -0.668. The Morgan fingerprint density at radius 1 is 1.48 bits per heavy atom. The minimum absolute atomic E-state index is 0.0841. The summed E-state index contributed by atoms with van der Waals surface area (Å²) >= 11 is 0. The summed E-state index contributed by atoms with van der Waals surface area (Å²) in [5, 5.41) is 16.9. The first-order chi connectivity index (χ1) is 10.0. The first-order valence-corrected chi connectivity index (χ1v) is 6.27. The van der Waals surface area contributed by atoms with Crippen molar-refractivity contribution in [2.75, 3.05) is 5.32 Å². The molecule has 0 saturated carbocycles. The van der Waals surface area contributed by atoms with Gasteiger partial charge in [0.15, 0.2) is 0 Å². The topological polar surface area (TPSA) is 90.1 Å². The van der Waals surface area contributed by atoms with Gasteiger partial charge >= 0.3 is 5.69 Å². The summed E-state index contributed by atoms with van der Waals surface area (Å²) in [7, 11) is 0. The number of rotatable bonds is 6. The zero-order chi connectivity index (χ0) is 15.2. The highest BCUT2D eigenvalue weighted by atomic mass is 19.1. The molecular weight excluding hydrogens is 279 g/mol. The number of benzene rings is 1. The zero-order valence-corrected chi connectivity index (χ0v) is 11.0. The Morgan fingerprint density at radius 3 is 2.95 bits per heavy atom. The molecule has 0 spiro atoms. The Bertz CT molecular complexity index is 656. The molecule has 1 aromatic carbocycles. The van der Waals surface area contributed by atoms with E-state index in [4.69, 9.17) is 0 Å². The fourth-order valence-corrected chi connectivity index (χ4v) is 1.76. The van der Waals surface area contributed by atoms with Crippen molar-refractivity contribution in [3.8, 4) is 0 Å². The van der Waals surface area contributed by atoms with Crippen molar-refractivity contribution in [1.29, 1.82) is 0 Å². The average molecular weight is 292 g/mol. The number of hydrogen-bond donors (Lipinski definition) is 1. The van der Waals surface area contributed by atoms with Crippen molar-refractivity contribution in [3.05, 3.63) is 52.6 Å². The van der Waals surface area contributed by atoms with Crippen molar-refractivity contribution in [1.82, 2.24) is 9.78 Å². The van der Waals surface area contributed by atoms with Crippen LogP contribution in [0.2, 0.25) is 0 Å². The molecule has 2 rings (SSSR count). The van der Waals surface area contributed by atoms with Gasteiger partial charge in [0, 0.05) is 18.7 Å². The highest BCUT2D eigenvalue weighted by Gasteiger charge is 2.09. The molecule has 0 atom stereocenters. The van der Waals surface area contributed by atoms with Gasteiger partial charge in [-0.3, -0.25) is 19.6 Å². The third-order valence-electron chi connectivity index (χ3n) is 2.73. The SMILES string of the molecule is O=C(CCCn1cc([N+](=O)[O-])cn1)Nc1cccc(F)c1. The van der Waals surface area contributed by atoms with E-state index in [2.05, 4.69) is 10.4 Å². The summed E-state index contributed by atoms with van der Waals surface area (Å²) in [5.41, 5.74) is 0.314. The maximum Gasteiger partial charge on any atom is 0.306 e. The molecule has 1 N–H and O–H groups in total. The monoisotopic (exact) mass is 292 g/mol. The molecule has 8 heteroatoms. The van der Waals surface area contributed by atoms with Gasteiger partial charge in [-0.25, -0.2) is 4.39 Å². The fourth-order valence-electron chi connectivity index (χ4n) is 1.76. The molecule has 0 aliphatic carbocycles. The molecule has 0 saturated heterocycles. The van der Waals surface area contributed by atoms with Gasteiger partial charge in [0.25, 0.3) is 0 Å². The van der Waals surface area contributed by atoms with E-state index >= 15 is 0 Å². The van der Waals surface area contributed by atoms with Gasteiger partial charge in [-0.2, -0.15) is 5.10 Å². The zero-order valence-electron chi connectivity index (χ0n) is 11.0. The molecule has 110 valence electrons. The van der Waals surface area contributed by atoms with Crippen LogP contribution in [-0.4, -0.2) is 20.6 Å². The molecule has 21 heavy (non-hydrogen) atoms. The van der Waals surface area contributed by atoms with Gasteiger partial charge in [0.05, 0.1) is 4.92 Å². The number of aryl methyl sites for hydroxylation is 1. The number of carbonyl (C=O) groups is 1. The Hall–Kier alpha value is -2.77. The van der Waals surface area contributed by atoms with E-state index in [1.807, 2.05) is 0 Å². The van der Waals surface area contributed by atoms with Crippen molar-refractivity contribution in [2.45, 2.75) is 19.4 Å². The molecule has 1 aromatic heterocycles. The molecule has 0 aliphatic rings. The van der Waals surface area contributed by atoms with Gasteiger partial charge < -0.3 is 5.32 Å². The van der Waals surface area contributed by atoms with Gasteiger partial charge in [-0.05, 0) is 24.6 Å². The van der Waals surface area contributed by atoms with E-state index in [-0.39, 0.29) is 18.0 Å². The Labute approximate surface area is 119 Å². The van der Waals surface area contributed by atoms with E-state index in [0.29, 0.717) is 18.7 Å². The Kier molecular flexibility index (Phi) is 4.60. The number of anilines is 1. The summed E-state index contributed by atoms with van der Waals surface area (Å²) in [6.07, 6.45) is 3.15. The molecular formula is C13H13FN4O3. The van der Waals surface area contributed by atoms with Crippen LogP contribution < -0.4 is 5.32 Å². The maximum atomic E-state index is 12.9. The first kappa shape index (κ1) is 14.6. The maximum absolute atomic E-state index is 12.9. The third kappa shape index (κ3) is 4.37. The molecule has 0 unspecified atom stereocenters. The molecule has 0 fully saturated rings. The molecule has 0 radical (unpaired) electrons. The lowest BCUT2D eigenvalue weighted by molar-refractivity contribution is -0.385. The highest BCUT2D eigenvalue weighted by Crippen LogP contribution is 2.11. The van der Waals surface area contributed by atoms with E-state index < -0.39 is 10.7 Å². The van der Waals surface area contributed by atoms with Crippen molar-refractivity contribution < 1.29 is 14.1 Å². The predicted molar refractivity (Wildman–Crippen MR) is 73.1 cm³/mol. The molecule has 7 nitrogen and oxygen atoms in total. The second-order valence-corrected chi connectivity index (χ2v) is 4.38. The molecule has 0 bridgehead atoms. The number of amides is 1. The summed E-state index contributed by atoms with van der Waals surface area (Å²) < 4.78 is 14.4. The largest absolute Gasteiger partial charge is 0.326 e. The van der Waals surface area contributed by atoms with Crippen LogP contribution in [0.5, 0.6) is 0 Å². The number of aromatic nitrogens is 2. The second-order valence-electron chi connectivity index (χ2n) is 4.38. The van der Waals surface area contributed by atoms with Crippen LogP contribution in [0, 0.1) is 15.9 Å². The molecule has 0 aliphatic heterocycles. The number of nitrogens with zero attached hydrogens (tertiary/aromatic N) is 3. The number of carbonyl (C=O) groups excluding carboxylic acids is 1. The number of nitrogens with one attached hydrogen (secondary N) is 1. The average Bonchev–Trinajstić information content (AvgIpc) is 2.87. The van der Waals surface area contributed by atoms with Crippen LogP contribution in [-0.2, 0) is 11.3 Å². The van der Waals surface area contributed by atoms with Crippen LogP contribution in [0.4, 0.5) is 15.8 Å². The number of hydrogen-bond acceptors (Lipinski definition) is 4. The highest BCUT2D eigenvalue weighted by molar-refractivity contribution is 5.90. The minimum atomic E-state index is -0.528. The van der Waals surface area contributed by atoms with Gasteiger partial charge in [-0.15, -0.1) is 0 Å². The number of halogens is 1. The second kappa shape index (κ2) is 6.60. The van der Waals surface area contributed by atoms with E-state index in [9.17, 15) is 19.3 Å². The van der Waals surface area contributed by atoms with Gasteiger partial charge in [-0.1, -0.05) is 6.07 Å². The summed E-state index contributed by atoms with van der Waals surface area (Å²) in [6.45, 7) is 0.393. The van der Waals surface area contributed by atoms with Crippen molar-refractivity contribution in [3.63, 3.8) is 0 Å². The van der Waals surface area contributed by atoms with Crippen molar-refractivity contribution in [2.24, 2.45) is 0 Å². The lowest BCUT2D eigenvalue weighted by Gasteiger charge is -2.05. The minimum Gasteiger partial charge on any atom is -0.326 e. The summed E-state index contributed by atoms with van der Waals surface area (Å²) in [4.78, 5) is 21.6. The molecule has 2 aromatic rings. The normalized spacial score (nSPS) is 10.3. The van der Waals surface area contributed by atoms with Crippen LogP contribution in [0.25, 0.3) is 0 Å². The molecule has 1 amide bonds. The Balaban J connectivity index is 1.77. The van der Waals surface area contributed by atoms with Gasteiger partial charge in [0.1, 0.15) is 18.2 Å². The van der Waals surface area contributed by atoms with Crippen LogP contribution in [0.3, 0.4) is 0 Å². The number of nitro groups is 1. The van der Waals surface area contributed by atoms with E-state index in [1.54, 1.807) is 6.07 Å². The third-order valence-corrected chi connectivity index (χ3v) is 2.73. The molecule has 1 heterocycles. The van der Waals surface area contributed by atoms with E-state index in [1.165, 1.54) is 29.1 Å². The van der Waals surface area contributed by atoms with Crippen LogP contribution in [0.1, 0.15) is 12.8 Å². The van der Waals surface area contributed by atoms with E-state index in [0.717, 1.165) is 6.20 Å². The summed E-state index contributed by atoms with van der Waals surface area (Å²) in [6, 6.07) is 5.63. The smallest absolute Gasteiger partial charge is 0.306 e. The van der Waals surface area contributed by atoms with Crippen LogP contribution in [0.15, 0.2) is 36.7 Å². The van der Waals surface area contributed by atoms with Crippen LogP contribution >= 0.6 is 0 Å². The predicted octanol–water partition coefficient (Wildman–Crippen LogP) is 2.35. The lowest BCUT2D eigenvalue weighted by Crippen LogP contribution is -2.12. The fraction of sp³-hybridized carbons (Fsp3) is 0.231. The standard InChI is InChI=1S/C13H13FN4O3/c14-10-3-1-4-11(7-10)16-13(19)5-2-6-17-9-12(8-15-17)18(20)21/h1,3-4,7-9H,2,5-6H2,(H,16,19). The first-order valence-electron chi connectivity index (χ1n) is 6.27. The lowest BCUT2D eigenvalue weighted by atomic mass is 10.2. The van der Waals surface area contributed by atoms with Gasteiger partial charge in [0.2, 0.25) is 5.91 Å². The van der Waals surface area contributed by atoms with Crippen molar-refractivity contribution >= 4 is 17.3 Å². The Morgan fingerprint density at radius 2 is 2.29 bits per heavy atom. The quantitative estimate of drug-likeness (QED) is 0.653.